The number of carbonyl (C=O) groups is 2. The summed E-state index contributed by atoms with van der Waals surface area (Å²) in [6.45, 7) is 4.12. The Bertz CT molecular complexity index is 902. The largest absolute Gasteiger partial charge is 0.756 e. The molecule has 0 bridgehead atoms. The van der Waals surface area contributed by atoms with Crippen molar-refractivity contribution in [3.8, 4) is 0 Å². The number of carbonyl (C=O) groups excluding carboxylic acids is 2. The molecule has 0 fully saturated rings. The predicted molar refractivity (Wildman–Crippen MR) is 199 cm³/mol. The molecule has 0 aliphatic heterocycles. The highest BCUT2D eigenvalue weighted by Gasteiger charge is 2.21. The topological polar surface area (TPSA) is 111 Å². The van der Waals surface area contributed by atoms with Gasteiger partial charge in [-0.2, -0.15) is 0 Å². The molecule has 0 rings (SSSR count). The molecule has 0 N–H and O–H groups in total. The SMILES string of the molecule is CCCCC/C=C\C/C=C\CCCCCCCCCCCC(=O)OC(COC(=O)CCCCCCCC)COP(=O)([O-])OCC[N+](C)(C)C. The van der Waals surface area contributed by atoms with Crippen molar-refractivity contribution in [1.82, 2.24) is 0 Å². The fraction of sp³-hybridized carbons (Fsp3) is 0.846. The molecular weight excluding hydrogens is 641 g/mol. The molecule has 0 saturated heterocycles. The van der Waals surface area contributed by atoms with Crippen LogP contribution in [-0.4, -0.2) is 70.0 Å². The molecule has 0 radical (unpaired) electrons. The van der Waals surface area contributed by atoms with E-state index in [1.165, 1.54) is 64.2 Å². The van der Waals surface area contributed by atoms with E-state index in [1.807, 2.05) is 21.1 Å². The molecule has 0 aromatic rings. The summed E-state index contributed by atoms with van der Waals surface area (Å²) < 4.78 is 33.6. The van der Waals surface area contributed by atoms with E-state index in [-0.39, 0.29) is 26.1 Å². The molecule has 2 atom stereocenters. The van der Waals surface area contributed by atoms with E-state index < -0.39 is 32.5 Å². The zero-order valence-electron chi connectivity index (χ0n) is 32.1. The quantitative estimate of drug-likeness (QED) is 0.0210. The molecular formula is C39H74NO8P. The van der Waals surface area contributed by atoms with Gasteiger partial charge in [-0.3, -0.25) is 14.2 Å². The molecule has 0 aliphatic rings. The van der Waals surface area contributed by atoms with Gasteiger partial charge in [0.15, 0.2) is 6.10 Å². The Morgan fingerprint density at radius 2 is 1.10 bits per heavy atom. The van der Waals surface area contributed by atoms with Crippen molar-refractivity contribution in [2.24, 2.45) is 0 Å². The molecule has 10 heteroatoms. The smallest absolute Gasteiger partial charge is 0.306 e. The van der Waals surface area contributed by atoms with E-state index in [2.05, 4.69) is 38.2 Å². The van der Waals surface area contributed by atoms with Crippen molar-refractivity contribution in [3.63, 3.8) is 0 Å². The standard InChI is InChI=1S/C39H74NO8P/c1-6-8-10-12-14-15-16-17-18-19-20-21-22-23-24-25-26-28-30-32-39(42)48-37(35-45-38(41)31-29-27-13-11-9-7-2)36-47-49(43,44)46-34-33-40(3,4)5/h14-15,17-18,37H,6-13,16,19-36H2,1-5H3/b15-14-,18-17-. The zero-order valence-corrected chi connectivity index (χ0v) is 33.0. The summed E-state index contributed by atoms with van der Waals surface area (Å²) in [5, 5.41) is 0. The van der Waals surface area contributed by atoms with Crippen LogP contribution < -0.4 is 4.89 Å². The average molecular weight is 716 g/mol. The second-order valence-electron chi connectivity index (χ2n) is 14.3. The van der Waals surface area contributed by atoms with Crippen molar-refractivity contribution in [2.75, 3.05) is 47.5 Å². The van der Waals surface area contributed by atoms with Crippen LogP contribution in [0.15, 0.2) is 24.3 Å². The Morgan fingerprint density at radius 3 is 1.65 bits per heavy atom. The number of hydrogen-bond donors (Lipinski definition) is 0. The summed E-state index contributed by atoms with van der Waals surface area (Å²) in [7, 11) is 1.16. The van der Waals surface area contributed by atoms with E-state index in [0.29, 0.717) is 17.4 Å². The molecule has 0 heterocycles. The van der Waals surface area contributed by atoms with Crippen LogP contribution in [0.3, 0.4) is 0 Å². The molecule has 2 unspecified atom stereocenters. The average Bonchev–Trinajstić information content (AvgIpc) is 3.04. The fourth-order valence-corrected chi connectivity index (χ4v) is 5.82. The number of esters is 2. The van der Waals surface area contributed by atoms with Crippen molar-refractivity contribution < 1.29 is 42.1 Å². The van der Waals surface area contributed by atoms with Gasteiger partial charge in [0, 0.05) is 12.8 Å². The van der Waals surface area contributed by atoms with Gasteiger partial charge in [0.05, 0.1) is 27.7 Å². The van der Waals surface area contributed by atoms with Gasteiger partial charge in [0.1, 0.15) is 19.8 Å². The number of nitrogens with zero attached hydrogens (tertiary/aromatic N) is 1. The Kier molecular flexibility index (Phi) is 31.4. The van der Waals surface area contributed by atoms with Gasteiger partial charge in [-0.15, -0.1) is 0 Å². The minimum atomic E-state index is -4.61. The van der Waals surface area contributed by atoms with Gasteiger partial charge in [0.2, 0.25) is 0 Å². The third-order valence-electron chi connectivity index (χ3n) is 8.22. The van der Waals surface area contributed by atoms with Gasteiger partial charge in [-0.05, 0) is 44.9 Å². The van der Waals surface area contributed by atoms with Crippen LogP contribution in [0.4, 0.5) is 0 Å². The third-order valence-corrected chi connectivity index (χ3v) is 9.19. The van der Waals surface area contributed by atoms with Crippen molar-refractivity contribution >= 4 is 19.8 Å². The Morgan fingerprint density at radius 1 is 0.633 bits per heavy atom. The molecule has 0 aromatic carbocycles. The van der Waals surface area contributed by atoms with E-state index in [4.69, 9.17) is 18.5 Å². The summed E-state index contributed by atoms with van der Waals surface area (Å²) >= 11 is 0. The lowest BCUT2D eigenvalue weighted by atomic mass is 10.1. The fourth-order valence-electron chi connectivity index (χ4n) is 5.09. The molecule has 288 valence electrons. The van der Waals surface area contributed by atoms with Crippen LogP contribution in [0.2, 0.25) is 0 Å². The minimum absolute atomic E-state index is 0.0306. The van der Waals surface area contributed by atoms with Crippen molar-refractivity contribution in [3.05, 3.63) is 24.3 Å². The van der Waals surface area contributed by atoms with Gasteiger partial charge in [-0.1, -0.05) is 128 Å². The third kappa shape index (κ3) is 36.1. The molecule has 9 nitrogen and oxygen atoms in total. The lowest BCUT2D eigenvalue weighted by Gasteiger charge is -2.28. The number of ether oxygens (including phenoxy) is 2. The minimum Gasteiger partial charge on any atom is -0.756 e. The number of rotatable bonds is 35. The van der Waals surface area contributed by atoms with Crippen molar-refractivity contribution in [1.29, 1.82) is 0 Å². The maximum atomic E-state index is 12.6. The van der Waals surface area contributed by atoms with Crippen LogP contribution >= 0.6 is 7.82 Å². The monoisotopic (exact) mass is 716 g/mol. The number of unbranched alkanes of at least 4 members (excludes halogenated alkanes) is 17. The number of allylic oxidation sites excluding steroid dienone is 4. The van der Waals surface area contributed by atoms with Gasteiger partial charge < -0.3 is 27.9 Å². The number of phosphoric acid groups is 1. The number of likely N-dealkylation sites (N-methyl/N-ethyl adjacent to an activating group) is 1. The highest BCUT2D eigenvalue weighted by atomic mass is 31.2. The van der Waals surface area contributed by atoms with E-state index in [9.17, 15) is 19.0 Å². The molecule has 0 saturated carbocycles. The highest BCUT2D eigenvalue weighted by molar-refractivity contribution is 7.45. The summed E-state index contributed by atoms with van der Waals surface area (Å²) in [6.07, 6.45) is 32.3. The lowest BCUT2D eigenvalue weighted by Crippen LogP contribution is -2.37. The normalized spacial score (nSPS) is 14.0. The predicted octanol–water partition coefficient (Wildman–Crippen LogP) is 9.77. The number of quaternary nitrogens is 1. The molecule has 0 amide bonds. The summed E-state index contributed by atoms with van der Waals surface area (Å²) in [4.78, 5) is 37.1. The Hall–Kier alpha value is -1.51. The van der Waals surface area contributed by atoms with Crippen LogP contribution in [0.25, 0.3) is 0 Å². The van der Waals surface area contributed by atoms with Gasteiger partial charge >= 0.3 is 11.9 Å². The Balaban J connectivity index is 4.27. The van der Waals surface area contributed by atoms with Gasteiger partial charge in [-0.25, -0.2) is 0 Å². The zero-order chi connectivity index (χ0) is 36.5. The number of phosphoric ester groups is 1. The second-order valence-corrected chi connectivity index (χ2v) is 15.7. The van der Waals surface area contributed by atoms with Crippen LogP contribution in [0.1, 0.15) is 162 Å². The highest BCUT2D eigenvalue weighted by Crippen LogP contribution is 2.38. The molecule has 49 heavy (non-hydrogen) atoms. The van der Waals surface area contributed by atoms with E-state index in [0.717, 1.165) is 64.2 Å². The second kappa shape index (κ2) is 32.4. The summed E-state index contributed by atoms with van der Waals surface area (Å²) in [5.74, 6) is -0.848. The summed E-state index contributed by atoms with van der Waals surface area (Å²) in [6, 6.07) is 0. The molecule has 0 spiro atoms. The molecule has 0 aliphatic carbocycles. The van der Waals surface area contributed by atoms with E-state index in [1.54, 1.807) is 0 Å². The van der Waals surface area contributed by atoms with Crippen molar-refractivity contribution in [2.45, 2.75) is 168 Å². The van der Waals surface area contributed by atoms with E-state index >= 15 is 0 Å². The molecule has 0 aromatic heterocycles. The first kappa shape index (κ1) is 47.5. The first-order valence-electron chi connectivity index (χ1n) is 19.5. The Labute approximate surface area is 300 Å². The van der Waals surface area contributed by atoms with Gasteiger partial charge in [0.25, 0.3) is 7.82 Å². The lowest BCUT2D eigenvalue weighted by molar-refractivity contribution is -0.870. The maximum absolute atomic E-state index is 12.6. The first-order chi connectivity index (χ1) is 23.5. The maximum Gasteiger partial charge on any atom is 0.306 e. The van der Waals surface area contributed by atoms with Crippen LogP contribution in [-0.2, 0) is 32.7 Å². The first-order valence-corrected chi connectivity index (χ1v) is 21.0. The van der Waals surface area contributed by atoms with Crippen LogP contribution in [0, 0.1) is 0 Å². The van der Waals surface area contributed by atoms with Crippen LogP contribution in [0.5, 0.6) is 0 Å². The number of hydrogen-bond acceptors (Lipinski definition) is 8. The summed E-state index contributed by atoms with van der Waals surface area (Å²) in [5.41, 5.74) is 0.